The number of piperidine rings is 2. The van der Waals surface area contributed by atoms with Crippen molar-refractivity contribution in [2.45, 2.75) is 103 Å². The first-order valence-electron chi connectivity index (χ1n) is 14.7. The van der Waals surface area contributed by atoms with E-state index in [1.165, 1.54) is 126 Å². The van der Waals surface area contributed by atoms with Crippen LogP contribution in [0.2, 0.25) is 0 Å². The van der Waals surface area contributed by atoms with E-state index in [2.05, 4.69) is 32.7 Å². The standard InChI is InChI=1S/C30H48N2O2S2/c1(3-5-13-21-33-27-15-23-35-29(27)25-31-17-9-7-10-18-31)2-4-6-14-22-34-28-16-24-36-30(28)26-32-19-11-8-12-20-32/h15-16,23-24H,1-14,17-22,25-26H2. The van der Waals surface area contributed by atoms with E-state index in [4.69, 9.17) is 9.47 Å². The van der Waals surface area contributed by atoms with Gasteiger partial charge in [0.25, 0.3) is 0 Å². The molecule has 0 saturated carbocycles. The van der Waals surface area contributed by atoms with E-state index in [1.54, 1.807) is 0 Å². The maximum absolute atomic E-state index is 6.14. The fourth-order valence-corrected chi connectivity index (χ4v) is 7.13. The summed E-state index contributed by atoms with van der Waals surface area (Å²) in [4.78, 5) is 8.00. The van der Waals surface area contributed by atoms with E-state index < -0.39 is 0 Å². The number of ether oxygens (including phenoxy) is 2. The minimum Gasteiger partial charge on any atom is -0.492 e. The maximum atomic E-state index is 6.14. The molecule has 6 heteroatoms. The summed E-state index contributed by atoms with van der Waals surface area (Å²) in [6.07, 6.45) is 18.5. The van der Waals surface area contributed by atoms with Crippen molar-refractivity contribution in [2.75, 3.05) is 39.4 Å². The highest BCUT2D eigenvalue weighted by molar-refractivity contribution is 7.10. The Morgan fingerprint density at radius 2 is 0.917 bits per heavy atom. The maximum Gasteiger partial charge on any atom is 0.134 e. The van der Waals surface area contributed by atoms with Gasteiger partial charge in [-0.05, 0) is 87.6 Å². The van der Waals surface area contributed by atoms with Crippen molar-refractivity contribution in [1.29, 1.82) is 0 Å². The van der Waals surface area contributed by atoms with Crippen LogP contribution in [0.15, 0.2) is 22.9 Å². The first kappa shape index (κ1) is 27.9. The predicted molar refractivity (Wildman–Crippen MR) is 155 cm³/mol. The number of hydrogen-bond acceptors (Lipinski definition) is 6. The molecule has 4 heterocycles. The summed E-state index contributed by atoms with van der Waals surface area (Å²) in [6.45, 7) is 8.87. The Balaban J connectivity index is 0.959. The molecule has 2 aromatic rings. The van der Waals surface area contributed by atoms with Crippen LogP contribution in [-0.2, 0) is 13.1 Å². The topological polar surface area (TPSA) is 24.9 Å². The Hall–Kier alpha value is -1.08. The summed E-state index contributed by atoms with van der Waals surface area (Å²) in [5, 5.41) is 4.38. The molecule has 4 nitrogen and oxygen atoms in total. The lowest BCUT2D eigenvalue weighted by molar-refractivity contribution is 0.218. The molecular weight excluding hydrogens is 484 g/mol. The molecule has 0 spiro atoms. The van der Waals surface area contributed by atoms with Gasteiger partial charge in [-0.25, -0.2) is 0 Å². The fourth-order valence-electron chi connectivity index (χ4n) is 5.42. The SMILES string of the molecule is c1cc(OCCCCCCCCCCOc2ccsc2CN2CCCCC2)c(CN2CCCCC2)s1. The molecule has 0 radical (unpaired) electrons. The highest BCUT2D eigenvalue weighted by atomic mass is 32.1. The van der Waals surface area contributed by atoms with Crippen LogP contribution in [0.3, 0.4) is 0 Å². The third-order valence-electron chi connectivity index (χ3n) is 7.59. The number of hydrogen-bond donors (Lipinski definition) is 0. The first-order chi connectivity index (χ1) is 17.9. The molecule has 2 aliphatic rings. The first-order valence-corrected chi connectivity index (χ1v) is 16.5. The third-order valence-corrected chi connectivity index (χ3v) is 9.37. The Kier molecular flexibility index (Phi) is 13.0. The van der Waals surface area contributed by atoms with E-state index in [-0.39, 0.29) is 0 Å². The van der Waals surface area contributed by atoms with Gasteiger partial charge < -0.3 is 9.47 Å². The van der Waals surface area contributed by atoms with E-state index in [0.29, 0.717) is 0 Å². The van der Waals surface area contributed by atoms with E-state index in [1.807, 2.05) is 22.7 Å². The molecule has 0 atom stereocenters. The zero-order valence-electron chi connectivity index (χ0n) is 22.4. The van der Waals surface area contributed by atoms with Gasteiger partial charge in [0, 0.05) is 13.1 Å². The van der Waals surface area contributed by atoms with Crippen molar-refractivity contribution in [1.82, 2.24) is 9.80 Å². The molecule has 202 valence electrons. The van der Waals surface area contributed by atoms with Gasteiger partial charge in [0.15, 0.2) is 0 Å². The van der Waals surface area contributed by atoms with Gasteiger partial charge in [0.1, 0.15) is 11.5 Å². The van der Waals surface area contributed by atoms with Gasteiger partial charge in [-0.1, -0.05) is 51.4 Å². The average Bonchev–Trinajstić information content (AvgIpc) is 3.55. The summed E-state index contributed by atoms with van der Waals surface area (Å²) >= 11 is 3.71. The minimum absolute atomic E-state index is 0.864. The molecule has 0 aromatic carbocycles. The van der Waals surface area contributed by atoms with Crippen LogP contribution in [-0.4, -0.2) is 49.2 Å². The van der Waals surface area contributed by atoms with Crippen LogP contribution in [0, 0.1) is 0 Å². The smallest absolute Gasteiger partial charge is 0.134 e. The summed E-state index contributed by atoms with van der Waals surface area (Å²) in [5.41, 5.74) is 0. The van der Waals surface area contributed by atoms with Gasteiger partial charge in [0.05, 0.1) is 23.0 Å². The van der Waals surface area contributed by atoms with Crippen molar-refractivity contribution >= 4 is 22.7 Å². The van der Waals surface area contributed by atoms with Crippen LogP contribution in [0.1, 0.15) is 99.6 Å². The quantitative estimate of drug-likeness (QED) is 0.191. The summed E-state index contributed by atoms with van der Waals surface area (Å²) < 4.78 is 12.3. The van der Waals surface area contributed by atoms with Crippen LogP contribution in [0.5, 0.6) is 11.5 Å². The minimum atomic E-state index is 0.864. The predicted octanol–water partition coefficient (Wildman–Crippen LogP) is 8.36. The second-order valence-electron chi connectivity index (χ2n) is 10.6. The zero-order chi connectivity index (χ0) is 24.7. The number of unbranched alkanes of at least 4 members (excludes halogenated alkanes) is 7. The van der Waals surface area contributed by atoms with E-state index in [9.17, 15) is 0 Å². The summed E-state index contributed by atoms with van der Waals surface area (Å²) in [6, 6.07) is 4.34. The molecule has 0 N–H and O–H groups in total. The van der Waals surface area contributed by atoms with Gasteiger partial charge in [-0.15, -0.1) is 22.7 Å². The van der Waals surface area contributed by atoms with Gasteiger partial charge >= 0.3 is 0 Å². The molecule has 2 fully saturated rings. The highest BCUT2D eigenvalue weighted by Crippen LogP contribution is 2.29. The largest absolute Gasteiger partial charge is 0.492 e. The second-order valence-corrected chi connectivity index (χ2v) is 12.6. The van der Waals surface area contributed by atoms with Crippen LogP contribution in [0.25, 0.3) is 0 Å². The zero-order valence-corrected chi connectivity index (χ0v) is 24.0. The van der Waals surface area contributed by atoms with Gasteiger partial charge in [-0.2, -0.15) is 0 Å². The molecule has 0 unspecified atom stereocenters. The summed E-state index contributed by atoms with van der Waals surface area (Å²) in [7, 11) is 0. The van der Waals surface area contributed by atoms with Crippen molar-refractivity contribution in [3.63, 3.8) is 0 Å². The van der Waals surface area contributed by atoms with E-state index in [0.717, 1.165) is 37.8 Å². The third kappa shape index (κ3) is 10.00. The molecule has 2 saturated heterocycles. The lowest BCUT2D eigenvalue weighted by atomic mass is 10.1. The second kappa shape index (κ2) is 16.7. The van der Waals surface area contributed by atoms with Crippen LogP contribution < -0.4 is 9.47 Å². The van der Waals surface area contributed by atoms with E-state index >= 15 is 0 Å². The van der Waals surface area contributed by atoms with Crippen LogP contribution >= 0.6 is 22.7 Å². The molecular formula is C30H48N2O2S2. The molecule has 0 aliphatic carbocycles. The Labute approximate surface area is 228 Å². The monoisotopic (exact) mass is 532 g/mol. The average molecular weight is 533 g/mol. The molecule has 0 amide bonds. The van der Waals surface area contributed by atoms with Gasteiger partial charge in [0.2, 0.25) is 0 Å². The normalized spacial score (nSPS) is 17.4. The lowest BCUT2D eigenvalue weighted by Gasteiger charge is -2.26. The van der Waals surface area contributed by atoms with Crippen molar-refractivity contribution in [3.05, 3.63) is 32.6 Å². The van der Waals surface area contributed by atoms with Gasteiger partial charge in [-0.3, -0.25) is 9.80 Å². The van der Waals surface area contributed by atoms with Crippen molar-refractivity contribution in [3.8, 4) is 11.5 Å². The molecule has 2 aromatic heterocycles. The van der Waals surface area contributed by atoms with Crippen molar-refractivity contribution in [2.24, 2.45) is 0 Å². The molecule has 2 aliphatic heterocycles. The Bertz CT molecular complexity index is 756. The Morgan fingerprint density at radius 3 is 1.33 bits per heavy atom. The summed E-state index contributed by atoms with van der Waals surface area (Å²) in [5.74, 6) is 2.27. The number of thiophene rings is 2. The fraction of sp³-hybridized carbons (Fsp3) is 0.733. The number of nitrogens with zero attached hydrogens (tertiary/aromatic N) is 2. The van der Waals surface area contributed by atoms with Crippen LogP contribution in [0.4, 0.5) is 0 Å². The molecule has 36 heavy (non-hydrogen) atoms. The highest BCUT2D eigenvalue weighted by Gasteiger charge is 2.15. The number of rotatable bonds is 17. The molecule has 0 bridgehead atoms. The molecule has 4 rings (SSSR count). The Morgan fingerprint density at radius 1 is 0.528 bits per heavy atom. The van der Waals surface area contributed by atoms with Crippen molar-refractivity contribution < 1.29 is 9.47 Å². The lowest BCUT2D eigenvalue weighted by Crippen LogP contribution is -2.28. The number of likely N-dealkylation sites (tertiary alicyclic amines) is 2.